The SMILES string of the molecule is CC1CC(C)SC(Nc2c(Cl)cccc2Cl)=N1. The number of halogens is 2. The summed E-state index contributed by atoms with van der Waals surface area (Å²) in [6.07, 6.45) is 1.10. The number of rotatable bonds is 1. The molecule has 0 radical (unpaired) electrons. The van der Waals surface area contributed by atoms with Crippen molar-refractivity contribution in [3.8, 4) is 0 Å². The zero-order chi connectivity index (χ0) is 12.4. The van der Waals surface area contributed by atoms with Gasteiger partial charge in [-0.25, -0.2) is 0 Å². The van der Waals surface area contributed by atoms with E-state index in [2.05, 4.69) is 24.2 Å². The van der Waals surface area contributed by atoms with E-state index in [1.807, 2.05) is 18.2 Å². The fourth-order valence-electron chi connectivity index (χ4n) is 1.79. The second kappa shape index (κ2) is 5.51. The predicted molar refractivity (Wildman–Crippen MR) is 78.7 cm³/mol. The van der Waals surface area contributed by atoms with Crippen LogP contribution in [0.2, 0.25) is 10.0 Å². The third-order valence-electron chi connectivity index (χ3n) is 2.52. The van der Waals surface area contributed by atoms with Crippen molar-refractivity contribution in [2.75, 3.05) is 5.32 Å². The molecule has 2 atom stereocenters. The summed E-state index contributed by atoms with van der Waals surface area (Å²) in [7, 11) is 0. The number of benzene rings is 1. The molecule has 0 spiro atoms. The van der Waals surface area contributed by atoms with Gasteiger partial charge in [-0.15, -0.1) is 0 Å². The largest absolute Gasteiger partial charge is 0.333 e. The zero-order valence-electron chi connectivity index (χ0n) is 9.71. The number of hydrogen-bond acceptors (Lipinski definition) is 3. The second-order valence-corrected chi connectivity index (χ2v) is 6.41. The first-order valence-electron chi connectivity index (χ1n) is 5.51. The molecule has 17 heavy (non-hydrogen) atoms. The van der Waals surface area contributed by atoms with E-state index < -0.39 is 0 Å². The van der Waals surface area contributed by atoms with Gasteiger partial charge in [0.2, 0.25) is 0 Å². The fraction of sp³-hybridized carbons (Fsp3) is 0.417. The molecular formula is C12H14Cl2N2S. The van der Waals surface area contributed by atoms with Gasteiger partial charge in [-0.2, -0.15) is 0 Å². The van der Waals surface area contributed by atoms with E-state index in [4.69, 9.17) is 23.2 Å². The quantitative estimate of drug-likeness (QED) is 0.812. The third kappa shape index (κ3) is 3.30. The first kappa shape index (κ1) is 13.1. The average Bonchev–Trinajstić information content (AvgIpc) is 2.22. The maximum Gasteiger partial charge on any atom is 0.161 e. The molecular weight excluding hydrogens is 275 g/mol. The van der Waals surface area contributed by atoms with Crippen LogP contribution >= 0.6 is 35.0 Å². The average molecular weight is 289 g/mol. The van der Waals surface area contributed by atoms with E-state index in [-0.39, 0.29) is 0 Å². The van der Waals surface area contributed by atoms with Crippen molar-refractivity contribution in [2.24, 2.45) is 4.99 Å². The van der Waals surface area contributed by atoms with E-state index in [0.29, 0.717) is 21.3 Å². The van der Waals surface area contributed by atoms with Crippen molar-refractivity contribution in [1.29, 1.82) is 0 Å². The van der Waals surface area contributed by atoms with Crippen LogP contribution in [0.4, 0.5) is 5.69 Å². The van der Waals surface area contributed by atoms with Gasteiger partial charge < -0.3 is 5.32 Å². The number of thioether (sulfide) groups is 1. The van der Waals surface area contributed by atoms with Gasteiger partial charge in [0.1, 0.15) is 0 Å². The lowest BCUT2D eigenvalue weighted by Crippen LogP contribution is -2.22. The number of anilines is 1. The van der Waals surface area contributed by atoms with Crippen molar-refractivity contribution in [2.45, 2.75) is 31.6 Å². The Bertz CT molecular complexity index is 428. The molecule has 1 N–H and O–H groups in total. The molecule has 1 aromatic rings. The molecule has 0 bridgehead atoms. The van der Waals surface area contributed by atoms with Crippen molar-refractivity contribution in [3.63, 3.8) is 0 Å². The molecule has 1 heterocycles. The lowest BCUT2D eigenvalue weighted by Gasteiger charge is -2.23. The lowest BCUT2D eigenvalue weighted by molar-refractivity contribution is 0.661. The molecule has 1 aromatic carbocycles. The van der Waals surface area contributed by atoms with Crippen molar-refractivity contribution in [1.82, 2.24) is 0 Å². The Kier molecular flexibility index (Phi) is 4.23. The molecule has 2 rings (SSSR count). The van der Waals surface area contributed by atoms with Crippen molar-refractivity contribution < 1.29 is 0 Å². The number of nitrogens with zero attached hydrogens (tertiary/aromatic N) is 1. The summed E-state index contributed by atoms with van der Waals surface area (Å²) in [5.74, 6) is 0. The van der Waals surface area contributed by atoms with Crippen LogP contribution in [0, 0.1) is 0 Å². The van der Waals surface area contributed by atoms with Gasteiger partial charge in [0, 0.05) is 5.25 Å². The van der Waals surface area contributed by atoms with Gasteiger partial charge in [0.05, 0.1) is 21.8 Å². The van der Waals surface area contributed by atoms with Crippen molar-refractivity contribution >= 4 is 45.8 Å². The molecule has 0 amide bonds. The van der Waals surface area contributed by atoms with E-state index in [1.54, 1.807) is 11.8 Å². The molecule has 0 aromatic heterocycles. The minimum absolute atomic E-state index is 0.343. The summed E-state index contributed by atoms with van der Waals surface area (Å²) in [5.41, 5.74) is 0.739. The molecule has 0 fully saturated rings. The predicted octanol–water partition coefficient (Wildman–Crippen LogP) is 4.68. The molecule has 0 saturated carbocycles. The highest BCUT2D eigenvalue weighted by Crippen LogP contribution is 2.33. The van der Waals surface area contributed by atoms with Gasteiger partial charge in [0.25, 0.3) is 0 Å². The van der Waals surface area contributed by atoms with E-state index in [0.717, 1.165) is 17.3 Å². The van der Waals surface area contributed by atoms with Crippen LogP contribution in [-0.2, 0) is 0 Å². The molecule has 0 aliphatic carbocycles. The third-order valence-corrected chi connectivity index (χ3v) is 4.17. The first-order valence-corrected chi connectivity index (χ1v) is 7.15. The summed E-state index contributed by atoms with van der Waals surface area (Å²) < 4.78 is 0. The molecule has 1 aliphatic heterocycles. The molecule has 1 aliphatic rings. The Morgan fingerprint density at radius 2 is 1.94 bits per heavy atom. The highest BCUT2D eigenvalue weighted by Gasteiger charge is 2.19. The van der Waals surface area contributed by atoms with E-state index in [9.17, 15) is 0 Å². The maximum absolute atomic E-state index is 6.11. The van der Waals surface area contributed by atoms with Crippen molar-refractivity contribution in [3.05, 3.63) is 28.2 Å². The Balaban J connectivity index is 2.21. The summed E-state index contributed by atoms with van der Waals surface area (Å²) in [4.78, 5) is 4.56. The standard InChI is InChI=1S/C12H14Cl2N2S/c1-7-6-8(2)17-12(15-7)16-11-9(13)4-3-5-10(11)14/h3-5,7-8H,6H2,1-2H3,(H,15,16). The van der Waals surface area contributed by atoms with Gasteiger partial charge in [-0.05, 0) is 25.5 Å². The molecule has 5 heteroatoms. The van der Waals surface area contributed by atoms with Gasteiger partial charge in [-0.3, -0.25) is 4.99 Å². The highest BCUT2D eigenvalue weighted by atomic mass is 35.5. The Labute approximate surface area is 116 Å². The number of aliphatic imine (C=N–C) groups is 1. The first-order chi connectivity index (χ1) is 8.06. The summed E-state index contributed by atoms with van der Waals surface area (Å²) in [5, 5.41) is 5.92. The fourth-order valence-corrected chi connectivity index (χ4v) is 3.44. The maximum atomic E-state index is 6.11. The number of nitrogens with one attached hydrogen (secondary N) is 1. The zero-order valence-corrected chi connectivity index (χ0v) is 12.0. The van der Waals surface area contributed by atoms with Crippen LogP contribution in [0.15, 0.2) is 23.2 Å². The minimum atomic E-state index is 0.343. The van der Waals surface area contributed by atoms with E-state index in [1.165, 1.54) is 0 Å². The molecule has 2 unspecified atom stereocenters. The van der Waals surface area contributed by atoms with E-state index >= 15 is 0 Å². The minimum Gasteiger partial charge on any atom is -0.333 e. The number of amidine groups is 1. The molecule has 0 saturated heterocycles. The topological polar surface area (TPSA) is 24.4 Å². The Morgan fingerprint density at radius 1 is 1.29 bits per heavy atom. The summed E-state index contributed by atoms with van der Waals surface area (Å²) in [6, 6.07) is 5.81. The van der Waals surface area contributed by atoms with Gasteiger partial charge in [-0.1, -0.05) is 48.0 Å². The van der Waals surface area contributed by atoms with Crippen LogP contribution in [0.5, 0.6) is 0 Å². The summed E-state index contributed by atoms with van der Waals surface area (Å²) in [6.45, 7) is 4.32. The van der Waals surface area contributed by atoms with Crippen LogP contribution < -0.4 is 5.32 Å². The van der Waals surface area contributed by atoms with Crippen LogP contribution in [0.1, 0.15) is 20.3 Å². The lowest BCUT2D eigenvalue weighted by atomic mass is 10.2. The van der Waals surface area contributed by atoms with Crippen LogP contribution in [0.3, 0.4) is 0 Å². The number of para-hydroxylation sites is 1. The highest BCUT2D eigenvalue weighted by molar-refractivity contribution is 8.14. The molecule has 92 valence electrons. The van der Waals surface area contributed by atoms with Crippen LogP contribution in [-0.4, -0.2) is 16.5 Å². The smallest absolute Gasteiger partial charge is 0.161 e. The Hall–Kier alpha value is -0.380. The van der Waals surface area contributed by atoms with Crippen LogP contribution in [0.25, 0.3) is 0 Å². The Morgan fingerprint density at radius 3 is 2.53 bits per heavy atom. The van der Waals surface area contributed by atoms with Gasteiger partial charge >= 0.3 is 0 Å². The second-order valence-electron chi connectivity index (χ2n) is 4.17. The monoisotopic (exact) mass is 288 g/mol. The molecule has 2 nitrogen and oxygen atoms in total. The summed E-state index contributed by atoms with van der Waals surface area (Å²) >= 11 is 13.9. The number of hydrogen-bond donors (Lipinski definition) is 1. The normalized spacial score (nSPS) is 24.4. The van der Waals surface area contributed by atoms with Gasteiger partial charge in [0.15, 0.2) is 5.17 Å².